The molecule has 2 aromatic carbocycles. The molecule has 1 aliphatic heterocycles. The Morgan fingerprint density at radius 1 is 1.09 bits per heavy atom. The van der Waals surface area contributed by atoms with Crippen molar-refractivity contribution in [2.45, 2.75) is 5.44 Å². The van der Waals surface area contributed by atoms with Crippen LogP contribution >= 0.6 is 12.6 Å². The molecule has 1 unspecified atom stereocenters. The summed E-state index contributed by atoms with van der Waals surface area (Å²) < 4.78 is 5.50. The van der Waals surface area contributed by atoms with Gasteiger partial charge in [-0.2, -0.15) is 0 Å². The number of nitrogens with one attached hydrogen (secondary N) is 1. The predicted molar refractivity (Wildman–Crippen MR) is 93.9 cm³/mol. The first kappa shape index (κ1) is 14.9. The number of ether oxygens (including phenoxy) is 1. The van der Waals surface area contributed by atoms with Gasteiger partial charge in [0.25, 0.3) is 0 Å². The van der Waals surface area contributed by atoms with E-state index in [0.29, 0.717) is 13.2 Å². The van der Waals surface area contributed by atoms with Gasteiger partial charge in [-0.15, -0.1) is 12.6 Å². The minimum absolute atomic E-state index is 0.0905. The number of morpholine rings is 1. The first-order valence-corrected chi connectivity index (χ1v) is 7.83. The lowest BCUT2D eigenvalue weighted by Gasteiger charge is -2.33. The van der Waals surface area contributed by atoms with Gasteiger partial charge in [0, 0.05) is 12.2 Å². The Balaban J connectivity index is 1.86. The summed E-state index contributed by atoms with van der Waals surface area (Å²) in [5, 5.41) is 3.40. The average molecular weight is 313 g/mol. The molecule has 0 radical (unpaired) electrons. The highest BCUT2D eigenvalue weighted by molar-refractivity contribution is 7.80. The van der Waals surface area contributed by atoms with Crippen LogP contribution in [0.4, 0.5) is 11.4 Å². The summed E-state index contributed by atoms with van der Waals surface area (Å²) in [5.41, 5.74) is 1.84. The molecule has 1 aliphatic rings. The number of aliphatic imine (C=N–C) groups is 1. The van der Waals surface area contributed by atoms with Crippen LogP contribution in [0, 0.1) is 0 Å². The van der Waals surface area contributed by atoms with Gasteiger partial charge in [0.05, 0.1) is 18.8 Å². The summed E-state index contributed by atoms with van der Waals surface area (Å²) in [6.45, 7) is 2.15. The lowest BCUT2D eigenvalue weighted by Crippen LogP contribution is -2.46. The van der Waals surface area contributed by atoms with Crippen molar-refractivity contribution in [2.75, 3.05) is 25.0 Å². The molecule has 3 rings (SSSR count). The summed E-state index contributed by atoms with van der Waals surface area (Å²) in [7, 11) is 0. The van der Waals surface area contributed by atoms with Crippen LogP contribution in [0.15, 0.2) is 65.7 Å². The van der Waals surface area contributed by atoms with Crippen LogP contribution < -0.4 is 5.32 Å². The smallest absolute Gasteiger partial charge is 0.203 e. The van der Waals surface area contributed by atoms with Gasteiger partial charge in [-0.3, -0.25) is 0 Å². The third-order valence-electron chi connectivity index (χ3n) is 3.37. The molecular weight excluding hydrogens is 294 g/mol. The average Bonchev–Trinajstić information content (AvgIpc) is 2.56. The maximum atomic E-state index is 5.50. The second-order valence-corrected chi connectivity index (χ2v) is 5.61. The molecule has 1 saturated heterocycles. The SMILES string of the molecule is SC1CN(C(=Nc2ccccc2)Nc2ccccc2)CCO1. The van der Waals surface area contributed by atoms with Crippen LogP contribution in [0.25, 0.3) is 0 Å². The summed E-state index contributed by atoms with van der Waals surface area (Å²) >= 11 is 4.42. The van der Waals surface area contributed by atoms with Crippen molar-refractivity contribution in [1.82, 2.24) is 4.90 Å². The Bertz CT molecular complexity index is 618. The minimum atomic E-state index is -0.0905. The van der Waals surface area contributed by atoms with Gasteiger partial charge >= 0.3 is 0 Å². The third-order valence-corrected chi connectivity index (χ3v) is 3.68. The van der Waals surface area contributed by atoms with E-state index in [4.69, 9.17) is 9.73 Å². The number of hydrogen-bond donors (Lipinski definition) is 2. The molecule has 1 atom stereocenters. The summed E-state index contributed by atoms with van der Waals surface area (Å²) in [4.78, 5) is 6.92. The van der Waals surface area contributed by atoms with Crippen molar-refractivity contribution in [2.24, 2.45) is 4.99 Å². The normalized spacial score (nSPS) is 19.0. The van der Waals surface area contributed by atoms with E-state index in [-0.39, 0.29) is 5.44 Å². The van der Waals surface area contributed by atoms with Crippen LogP contribution in [0.5, 0.6) is 0 Å². The highest BCUT2D eigenvalue weighted by Crippen LogP contribution is 2.16. The van der Waals surface area contributed by atoms with Crippen molar-refractivity contribution in [3.8, 4) is 0 Å². The van der Waals surface area contributed by atoms with Gasteiger partial charge in [0.1, 0.15) is 5.44 Å². The zero-order valence-electron chi connectivity index (χ0n) is 12.2. The number of hydrogen-bond acceptors (Lipinski definition) is 3. The van der Waals surface area contributed by atoms with Gasteiger partial charge in [-0.05, 0) is 24.3 Å². The monoisotopic (exact) mass is 313 g/mol. The van der Waals surface area contributed by atoms with E-state index in [9.17, 15) is 0 Å². The molecule has 0 amide bonds. The Hall–Kier alpha value is -1.98. The van der Waals surface area contributed by atoms with Gasteiger partial charge in [0.2, 0.25) is 5.96 Å². The highest BCUT2D eigenvalue weighted by Gasteiger charge is 2.20. The van der Waals surface area contributed by atoms with E-state index < -0.39 is 0 Å². The van der Waals surface area contributed by atoms with E-state index in [1.54, 1.807) is 0 Å². The molecule has 22 heavy (non-hydrogen) atoms. The molecular formula is C17H19N3OS. The van der Waals surface area contributed by atoms with E-state index >= 15 is 0 Å². The number of para-hydroxylation sites is 2. The maximum Gasteiger partial charge on any atom is 0.203 e. The van der Waals surface area contributed by atoms with Gasteiger partial charge < -0.3 is 15.0 Å². The molecule has 0 aromatic heterocycles. The standard InChI is InChI=1S/C17H19N3OS/c22-16-13-20(11-12-21-16)17(18-14-7-3-1-4-8-14)19-15-9-5-2-6-10-15/h1-10,16,22H,11-13H2,(H,18,19). The second-order valence-electron chi connectivity index (χ2n) is 5.03. The number of anilines is 1. The molecule has 1 heterocycles. The van der Waals surface area contributed by atoms with Crippen LogP contribution in [0.3, 0.4) is 0 Å². The number of thiol groups is 1. The molecule has 1 N–H and O–H groups in total. The molecule has 5 heteroatoms. The van der Waals surface area contributed by atoms with Gasteiger partial charge in [0.15, 0.2) is 0 Å². The van der Waals surface area contributed by atoms with Crippen LogP contribution in [-0.2, 0) is 4.74 Å². The van der Waals surface area contributed by atoms with Crippen LogP contribution in [0.2, 0.25) is 0 Å². The summed E-state index contributed by atoms with van der Waals surface area (Å²) in [6, 6.07) is 20.0. The Morgan fingerprint density at radius 3 is 2.45 bits per heavy atom. The lowest BCUT2D eigenvalue weighted by molar-refractivity contribution is 0.0473. The van der Waals surface area contributed by atoms with Crippen molar-refractivity contribution in [1.29, 1.82) is 0 Å². The number of nitrogens with zero attached hydrogens (tertiary/aromatic N) is 2. The molecule has 4 nitrogen and oxygen atoms in total. The van der Waals surface area contributed by atoms with Gasteiger partial charge in [-0.25, -0.2) is 4.99 Å². The third kappa shape index (κ3) is 4.02. The van der Waals surface area contributed by atoms with E-state index in [2.05, 4.69) is 22.8 Å². The molecule has 0 aliphatic carbocycles. The molecule has 114 valence electrons. The predicted octanol–water partition coefficient (Wildman–Crippen LogP) is 3.37. The van der Waals surface area contributed by atoms with Crippen molar-refractivity contribution in [3.05, 3.63) is 60.7 Å². The van der Waals surface area contributed by atoms with E-state index in [0.717, 1.165) is 23.9 Å². The topological polar surface area (TPSA) is 36.9 Å². The maximum absolute atomic E-state index is 5.50. The lowest BCUT2D eigenvalue weighted by atomic mass is 10.3. The quantitative estimate of drug-likeness (QED) is 0.507. The van der Waals surface area contributed by atoms with Gasteiger partial charge in [-0.1, -0.05) is 36.4 Å². The van der Waals surface area contributed by atoms with Crippen molar-refractivity contribution < 1.29 is 4.74 Å². The van der Waals surface area contributed by atoms with Crippen LogP contribution in [0.1, 0.15) is 0 Å². The van der Waals surface area contributed by atoms with Crippen LogP contribution in [-0.4, -0.2) is 36.0 Å². The minimum Gasteiger partial charge on any atom is -0.364 e. The van der Waals surface area contributed by atoms with Crippen molar-refractivity contribution >= 4 is 30.0 Å². The number of rotatable bonds is 2. The molecule has 1 fully saturated rings. The Morgan fingerprint density at radius 2 is 1.77 bits per heavy atom. The zero-order valence-corrected chi connectivity index (χ0v) is 13.1. The highest BCUT2D eigenvalue weighted by atomic mass is 32.1. The van der Waals surface area contributed by atoms with E-state index in [1.807, 2.05) is 60.7 Å². The molecule has 0 saturated carbocycles. The van der Waals surface area contributed by atoms with Crippen molar-refractivity contribution in [3.63, 3.8) is 0 Å². The first-order valence-electron chi connectivity index (χ1n) is 7.32. The fraction of sp³-hybridized carbons (Fsp3) is 0.235. The second kappa shape index (κ2) is 7.33. The fourth-order valence-electron chi connectivity index (χ4n) is 2.28. The Labute approximate surface area is 136 Å². The molecule has 0 spiro atoms. The molecule has 0 bridgehead atoms. The molecule has 2 aromatic rings. The number of guanidine groups is 1. The number of benzene rings is 2. The fourth-order valence-corrected chi connectivity index (χ4v) is 2.58. The van der Waals surface area contributed by atoms with E-state index in [1.165, 1.54) is 0 Å². The Kier molecular flexibility index (Phi) is 4.98. The zero-order chi connectivity index (χ0) is 15.2. The summed E-state index contributed by atoms with van der Waals surface area (Å²) in [5.74, 6) is 0.819. The first-order chi connectivity index (χ1) is 10.8. The largest absolute Gasteiger partial charge is 0.364 e. The summed E-state index contributed by atoms with van der Waals surface area (Å²) in [6.07, 6.45) is 0.